The maximum absolute atomic E-state index is 12.1. The number of aryl methyl sites for hydroxylation is 1. The van der Waals surface area contributed by atoms with Crippen LogP contribution in [0.2, 0.25) is 0 Å². The molecule has 0 radical (unpaired) electrons. The lowest BCUT2D eigenvalue weighted by Crippen LogP contribution is -2.05. The Morgan fingerprint density at radius 3 is 2.82 bits per heavy atom. The Labute approximate surface area is 99.3 Å². The fourth-order valence-electron chi connectivity index (χ4n) is 1.49. The fraction of sp³-hybridized carbons (Fsp3) is 0.154. The fourth-order valence-corrected chi connectivity index (χ4v) is 1.49. The molecule has 17 heavy (non-hydrogen) atoms. The molecule has 1 aromatic heterocycles. The van der Waals surface area contributed by atoms with Gasteiger partial charge in [0.15, 0.2) is 0 Å². The molecule has 0 saturated carbocycles. The zero-order chi connectivity index (χ0) is 12.3. The SMILES string of the molecule is COc1cccc(C(=O)c2ccnc(C)n2)c1. The van der Waals surface area contributed by atoms with E-state index >= 15 is 0 Å². The van der Waals surface area contributed by atoms with Crippen LogP contribution in [-0.2, 0) is 0 Å². The summed E-state index contributed by atoms with van der Waals surface area (Å²) in [4.78, 5) is 20.2. The molecule has 86 valence electrons. The van der Waals surface area contributed by atoms with Crippen LogP contribution in [0, 0.1) is 6.92 Å². The van der Waals surface area contributed by atoms with E-state index in [4.69, 9.17) is 4.74 Å². The summed E-state index contributed by atoms with van der Waals surface area (Å²) in [6.07, 6.45) is 1.58. The molecular weight excluding hydrogens is 216 g/mol. The lowest BCUT2D eigenvalue weighted by atomic mass is 10.1. The Kier molecular flexibility index (Phi) is 3.14. The van der Waals surface area contributed by atoms with E-state index in [1.54, 1.807) is 50.6 Å². The molecule has 2 aromatic rings. The van der Waals surface area contributed by atoms with Gasteiger partial charge in [-0.05, 0) is 25.1 Å². The molecule has 1 aromatic carbocycles. The number of aromatic nitrogens is 2. The van der Waals surface area contributed by atoms with Gasteiger partial charge in [-0.3, -0.25) is 4.79 Å². The van der Waals surface area contributed by atoms with Crippen LogP contribution in [0.25, 0.3) is 0 Å². The van der Waals surface area contributed by atoms with Crippen LogP contribution in [0.3, 0.4) is 0 Å². The van der Waals surface area contributed by atoms with Gasteiger partial charge in [0, 0.05) is 11.8 Å². The molecule has 0 saturated heterocycles. The number of benzene rings is 1. The molecule has 0 aliphatic rings. The van der Waals surface area contributed by atoms with E-state index in [0.29, 0.717) is 22.8 Å². The number of nitrogens with zero attached hydrogens (tertiary/aromatic N) is 2. The zero-order valence-electron chi connectivity index (χ0n) is 9.68. The van der Waals surface area contributed by atoms with Crippen molar-refractivity contribution in [3.63, 3.8) is 0 Å². The minimum absolute atomic E-state index is 0.130. The first-order chi connectivity index (χ1) is 8.20. The van der Waals surface area contributed by atoms with Crippen molar-refractivity contribution in [1.82, 2.24) is 9.97 Å². The van der Waals surface area contributed by atoms with Crippen molar-refractivity contribution in [2.75, 3.05) is 7.11 Å². The van der Waals surface area contributed by atoms with Crippen LogP contribution >= 0.6 is 0 Å². The summed E-state index contributed by atoms with van der Waals surface area (Å²) in [6.45, 7) is 1.75. The van der Waals surface area contributed by atoms with E-state index in [-0.39, 0.29) is 5.78 Å². The van der Waals surface area contributed by atoms with Crippen molar-refractivity contribution in [2.24, 2.45) is 0 Å². The summed E-state index contributed by atoms with van der Waals surface area (Å²) < 4.78 is 5.08. The van der Waals surface area contributed by atoms with E-state index in [0.717, 1.165) is 0 Å². The number of ketones is 1. The van der Waals surface area contributed by atoms with Gasteiger partial charge in [0.2, 0.25) is 5.78 Å². The molecule has 4 heteroatoms. The molecule has 4 nitrogen and oxygen atoms in total. The molecule has 0 unspecified atom stereocenters. The normalized spacial score (nSPS) is 10.0. The quantitative estimate of drug-likeness (QED) is 0.754. The third kappa shape index (κ3) is 2.47. The molecule has 0 spiro atoms. The molecule has 0 N–H and O–H groups in total. The molecule has 1 heterocycles. The van der Waals surface area contributed by atoms with Crippen LogP contribution in [-0.4, -0.2) is 22.9 Å². The van der Waals surface area contributed by atoms with E-state index < -0.39 is 0 Å². The molecule has 2 rings (SSSR count). The van der Waals surface area contributed by atoms with Crippen molar-refractivity contribution in [3.05, 3.63) is 53.6 Å². The molecule has 0 fully saturated rings. The minimum atomic E-state index is -0.130. The lowest BCUT2D eigenvalue weighted by Gasteiger charge is -2.03. The summed E-state index contributed by atoms with van der Waals surface area (Å²) in [7, 11) is 1.57. The average molecular weight is 228 g/mol. The topological polar surface area (TPSA) is 52.1 Å². The molecule has 0 bridgehead atoms. The van der Waals surface area contributed by atoms with Crippen molar-refractivity contribution in [3.8, 4) is 5.75 Å². The smallest absolute Gasteiger partial charge is 0.211 e. The first kappa shape index (κ1) is 11.3. The van der Waals surface area contributed by atoms with Gasteiger partial charge in [-0.25, -0.2) is 9.97 Å². The van der Waals surface area contributed by atoms with E-state index in [1.807, 2.05) is 0 Å². The van der Waals surface area contributed by atoms with Crippen LogP contribution in [0.15, 0.2) is 36.5 Å². The maximum Gasteiger partial charge on any atom is 0.211 e. The summed E-state index contributed by atoms with van der Waals surface area (Å²) >= 11 is 0. The molecule has 0 aliphatic carbocycles. The molecule has 0 aliphatic heterocycles. The molecule has 0 amide bonds. The Balaban J connectivity index is 2.36. The van der Waals surface area contributed by atoms with Crippen LogP contribution in [0.1, 0.15) is 21.9 Å². The molecule has 0 atom stereocenters. The summed E-state index contributed by atoms with van der Waals surface area (Å²) in [6, 6.07) is 8.61. The number of rotatable bonds is 3. The van der Waals surface area contributed by atoms with E-state index in [9.17, 15) is 4.79 Å². The second-order valence-corrected chi connectivity index (χ2v) is 3.55. The van der Waals surface area contributed by atoms with Gasteiger partial charge in [0.05, 0.1) is 7.11 Å². The summed E-state index contributed by atoms with van der Waals surface area (Å²) in [5, 5.41) is 0. The van der Waals surface area contributed by atoms with Crippen molar-refractivity contribution < 1.29 is 9.53 Å². The Bertz CT molecular complexity index is 553. The average Bonchev–Trinajstić information content (AvgIpc) is 2.38. The maximum atomic E-state index is 12.1. The van der Waals surface area contributed by atoms with Gasteiger partial charge in [0.1, 0.15) is 17.3 Å². The largest absolute Gasteiger partial charge is 0.497 e. The van der Waals surface area contributed by atoms with E-state index in [1.165, 1.54) is 0 Å². The second kappa shape index (κ2) is 4.74. The van der Waals surface area contributed by atoms with Crippen LogP contribution in [0.4, 0.5) is 0 Å². The van der Waals surface area contributed by atoms with Crippen molar-refractivity contribution in [1.29, 1.82) is 0 Å². The second-order valence-electron chi connectivity index (χ2n) is 3.55. The van der Waals surface area contributed by atoms with Gasteiger partial charge in [-0.2, -0.15) is 0 Å². The van der Waals surface area contributed by atoms with E-state index in [2.05, 4.69) is 9.97 Å². The van der Waals surface area contributed by atoms with Gasteiger partial charge >= 0.3 is 0 Å². The highest BCUT2D eigenvalue weighted by atomic mass is 16.5. The first-order valence-electron chi connectivity index (χ1n) is 5.19. The standard InChI is InChI=1S/C13H12N2O2/c1-9-14-7-6-12(15-9)13(16)10-4-3-5-11(8-10)17-2/h3-8H,1-2H3. The Hall–Kier alpha value is -2.23. The number of carbonyl (C=O) groups excluding carboxylic acids is 1. The Morgan fingerprint density at radius 1 is 1.29 bits per heavy atom. The summed E-state index contributed by atoms with van der Waals surface area (Å²) in [5.74, 6) is 1.11. The van der Waals surface area contributed by atoms with Crippen LogP contribution in [0.5, 0.6) is 5.75 Å². The van der Waals surface area contributed by atoms with Gasteiger partial charge < -0.3 is 4.74 Å². The highest BCUT2D eigenvalue weighted by Crippen LogP contribution is 2.15. The predicted octanol–water partition coefficient (Wildman–Crippen LogP) is 2.02. The Morgan fingerprint density at radius 2 is 2.12 bits per heavy atom. The van der Waals surface area contributed by atoms with Gasteiger partial charge in [0.25, 0.3) is 0 Å². The number of hydrogen-bond donors (Lipinski definition) is 0. The third-order valence-corrected chi connectivity index (χ3v) is 2.34. The third-order valence-electron chi connectivity index (χ3n) is 2.34. The number of ether oxygens (including phenoxy) is 1. The lowest BCUT2D eigenvalue weighted by molar-refractivity contribution is 0.103. The van der Waals surface area contributed by atoms with Crippen molar-refractivity contribution >= 4 is 5.78 Å². The highest BCUT2D eigenvalue weighted by molar-refractivity contribution is 6.07. The van der Waals surface area contributed by atoms with Crippen LogP contribution < -0.4 is 4.74 Å². The van der Waals surface area contributed by atoms with Crippen molar-refractivity contribution in [2.45, 2.75) is 6.92 Å². The number of hydrogen-bond acceptors (Lipinski definition) is 4. The number of methoxy groups -OCH3 is 1. The minimum Gasteiger partial charge on any atom is -0.497 e. The molecular formula is C13H12N2O2. The monoisotopic (exact) mass is 228 g/mol. The first-order valence-corrected chi connectivity index (χ1v) is 5.19. The number of carbonyl (C=O) groups is 1. The van der Waals surface area contributed by atoms with Gasteiger partial charge in [-0.1, -0.05) is 12.1 Å². The summed E-state index contributed by atoms with van der Waals surface area (Å²) in [5.41, 5.74) is 0.952. The van der Waals surface area contributed by atoms with Gasteiger partial charge in [-0.15, -0.1) is 0 Å². The highest BCUT2D eigenvalue weighted by Gasteiger charge is 2.11. The zero-order valence-corrected chi connectivity index (χ0v) is 9.68. The predicted molar refractivity (Wildman–Crippen MR) is 63.2 cm³/mol.